The van der Waals surface area contributed by atoms with Gasteiger partial charge in [-0.2, -0.15) is 0 Å². The summed E-state index contributed by atoms with van der Waals surface area (Å²) in [5, 5.41) is 3.45. The summed E-state index contributed by atoms with van der Waals surface area (Å²) in [6, 6.07) is 11.9. The van der Waals surface area contributed by atoms with Gasteiger partial charge in [-0.3, -0.25) is 0 Å². The standard InChI is InChI=1S/C21H24N2O2/c1-2-14-24-20-12-6-3-8-17(20)15-22-16-18-9-7-13-23-21(18)25-19-10-4-5-11-19/h1,3,6-9,12-13,19,22H,4-5,10-11,14-16H2. The monoisotopic (exact) mass is 336 g/mol. The Morgan fingerprint density at radius 2 is 1.84 bits per heavy atom. The molecule has 0 aliphatic heterocycles. The van der Waals surface area contributed by atoms with Crippen LogP contribution in [-0.4, -0.2) is 17.7 Å². The Bertz CT molecular complexity index is 718. The first-order chi connectivity index (χ1) is 12.4. The van der Waals surface area contributed by atoms with Crippen molar-refractivity contribution in [3.63, 3.8) is 0 Å². The molecule has 1 N–H and O–H groups in total. The Hall–Kier alpha value is -2.51. The molecule has 3 rings (SSSR count). The molecule has 2 aromatic rings. The summed E-state index contributed by atoms with van der Waals surface area (Å²) in [5.74, 6) is 4.07. The van der Waals surface area contributed by atoms with E-state index in [1.54, 1.807) is 6.20 Å². The van der Waals surface area contributed by atoms with Gasteiger partial charge in [0.25, 0.3) is 0 Å². The Morgan fingerprint density at radius 3 is 2.68 bits per heavy atom. The van der Waals surface area contributed by atoms with Gasteiger partial charge in [-0.15, -0.1) is 6.42 Å². The molecule has 1 aliphatic carbocycles. The highest BCUT2D eigenvalue weighted by Crippen LogP contribution is 2.25. The molecule has 1 saturated carbocycles. The smallest absolute Gasteiger partial charge is 0.218 e. The summed E-state index contributed by atoms with van der Waals surface area (Å²) in [5.41, 5.74) is 2.16. The van der Waals surface area contributed by atoms with Crippen molar-refractivity contribution >= 4 is 0 Å². The fraction of sp³-hybridized carbons (Fsp3) is 0.381. The van der Waals surface area contributed by atoms with E-state index < -0.39 is 0 Å². The number of rotatable bonds is 8. The predicted octanol–water partition coefficient (Wildman–Crippen LogP) is 3.70. The van der Waals surface area contributed by atoms with Crippen LogP contribution in [0.2, 0.25) is 0 Å². The molecule has 4 heteroatoms. The Balaban J connectivity index is 1.58. The molecule has 0 unspecified atom stereocenters. The van der Waals surface area contributed by atoms with Gasteiger partial charge in [-0.05, 0) is 37.8 Å². The van der Waals surface area contributed by atoms with E-state index in [2.05, 4.69) is 22.3 Å². The molecule has 0 amide bonds. The second-order valence-corrected chi connectivity index (χ2v) is 6.20. The van der Waals surface area contributed by atoms with Gasteiger partial charge in [0.05, 0.1) is 0 Å². The summed E-state index contributed by atoms with van der Waals surface area (Å²) in [6.45, 7) is 1.66. The van der Waals surface area contributed by atoms with Crippen molar-refractivity contribution in [2.75, 3.05) is 6.61 Å². The van der Waals surface area contributed by atoms with Gasteiger partial charge in [0.2, 0.25) is 5.88 Å². The van der Waals surface area contributed by atoms with Crippen LogP contribution in [-0.2, 0) is 13.1 Å². The number of nitrogens with one attached hydrogen (secondary N) is 1. The van der Waals surface area contributed by atoms with Crippen molar-refractivity contribution in [2.24, 2.45) is 0 Å². The number of nitrogens with zero attached hydrogens (tertiary/aromatic N) is 1. The van der Waals surface area contributed by atoms with Crippen molar-refractivity contribution in [3.8, 4) is 24.0 Å². The van der Waals surface area contributed by atoms with Crippen LogP contribution >= 0.6 is 0 Å². The molecule has 0 atom stereocenters. The average Bonchev–Trinajstić information content (AvgIpc) is 3.15. The van der Waals surface area contributed by atoms with Gasteiger partial charge in [-0.1, -0.05) is 30.2 Å². The SMILES string of the molecule is C#CCOc1ccccc1CNCc1cccnc1OC1CCCC1. The van der Waals surface area contributed by atoms with Crippen LogP contribution in [0, 0.1) is 12.3 Å². The van der Waals surface area contributed by atoms with Crippen LogP contribution in [0.15, 0.2) is 42.6 Å². The summed E-state index contributed by atoms with van der Waals surface area (Å²) < 4.78 is 11.7. The molecule has 25 heavy (non-hydrogen) atoms. The average molecular weight is 336 g/mol. The van der Waals surface area contributed by atoms with E-state index in [0.29, 0.717) is 19.2 Å². The zero-order valence-electron chi connectivity index (χ0n) is 14.4. The maximum Gasteiger partial charge on any atom is 0.218 e. The van der Waals surface area contributed by atoms with Crippen LogP contribution in [0.1, 0.15) is 36.8 Å². The lowest BCUT2D eigenvalue weighted by atomic mass is 10.2. The molecule has 0 radical (unpaired) electrons. The quantitative estimate of drug-likeness (QED) is 0.747. The van der Waals surface area contributed by atoms with Crippen LogP contribution in [0.4, 0.5) is 0 Å². The molecule has 130 valence electrons. The molecule has 1 aromatic heterocycles. The van der Waals surface area contributed by atoms with E-state index >= 15 is 0 Å². The lowest BCUT2D eigenvalue weighted by Crippen LogP contribution is -2.17. The van der Waals surface area contributed by atoms with Gasteiger partial charge in [-0.25, -0.2) is 4.98 Å². The maximum absolute atomic E-state index is 6.09. The van der Waals surface area contributed by atoms with E-state index in [-0.39, 0.29) is 6.61 Å². The molecule has 0 bridgehead atoms. The van der Waals surface area contributed by atoms with E-state index in [0.717, 1.165) is 35.6 Å². The van der Waals surface area contributed by atoms with E-state index in [1.165, 1.54) is 12.8 Å². The third-order valence-corrected chi connectivity index (χ3v) is 4.34. The van der Waals surface area contributed by atoms with Crippen molar-refractivity contribution in [1.29, 1.82) is 0 Å². The number of benzene rings is 1. The normalized spacial score (nSPS) is 14.2. The van der Waals surface area contributed by atoms with Crippen LogP contribution in [0.5, 0.6) is 11.6 Å². The number of hydrogen-bond donors (Lipinski definition) is 1. The fourth-order valence-corrected chi connectivity index (χ4v) is 3.07. The minimum absolute atomic E-state index is 0.277. The Kier molecular flexibility index (Phi) is 6.30. The van der Waals surface area contributed by atoms with Gasteiger partial charge in [0.1, 0.15) is 18.5 Å². The summed E-state index contributed by atoms with van der Waals surface area (Å²) >= 11 is 0. The highest BCUT2D eigenvalue weighted by Gasteiger charge is 2.18. The molecular weight excluding hydrogens is 312 g/mol. The van der Waals surface area contributed by atoms with Crippen molar-refractivity contribution < 1.29 is 9.47 Å². The van der Waals surface area contributed by atoms with E-state index in [1.807, 2.05) is 30.3 Å². The van der Waals surface area contributed by atoms with Crippen LogP contribution in [0.25, 0.3) is 0 Å². The number of ether oxygens (including phenoxy) is 2. The van der Waals surface area contributed by atoms with Gasteiger partial charge < -0.3 is 14.8 Å². The zero-order chi connectivity index (χ0) is 17.3. The molecule has 1 aromatic carbocycles. The van der Waals surface area contributed by atoms with Gasteiger partial charge >= 0.3 is 0 Å². The molecule has 4 nitrogen and oxygen atoms in total. The molecule has 1 fully saturated rings. The predicted molar refractivity (Wildman–Crippen MR) is 98.4 cm³/mol. The minimum Gasteiger partial charge on any atom is -0.481 e. The van der Waals surface area contributed by atoms with Crippen molar-refractivity contribution in [1.82, 2.24) is 10.3 Å². The summed E-state index contributed by atoms with van der Waals surface area (Å²) in [4.78, 5) is 4.42. The van der Waals surface area contributed by atoms with E-state index in [4.69, 9.17) is 15.9 Å². The van der Waals surface area contributed by atoms with E-state index in [9.17, 15) is 0 Å². The Morgan fingerprint density at radius 1 is 1.08 bits per heavy atom. The van der Waals surface area contributed by atoms with Crippen LogP contribution < -0.4 is 14.8 Å². The summed E-state index contributed by atoms with van der Waals surface area (Å²) in [7, 11) is 0. The number of hydrogen-bond acceptors (Lipinski definition) is 4. The van der Waals surface area contributed by atoms with Crippen molar-refractivity contribution in [3.05, 3.63) is 53.7 Å². The Labute approximate surface area is 149 Å². The number of terminal acetylenes is 1. The topological polar surface area (TPSA) is 43.4 Å². The second-order valence-electron chi connectivity index (χ2n) is 6.20. The second kappa shape index (κ2) is 9.10. The van der Waals surface area contributed by atoms with Crippen LogP contribution in [0.3, 0.4) is 0 Å². The summed E-state index contributed by atoms with van der Waals surface area (Å²) in [6.07, 6.45) is 12.1. The molecule has 0 spiro atoms. The molecule has 1 heterocycles. The molecule has 1 aliphatic rings. The lowest BCUT2D eigenvalue weighted by molar-refractivity contribution is 0.199. The van der Waals surface area contributed by atoms with Gasteiger partial charge in [0, 0.05) is 30.4 Å². The third-order valence-electron chi connectivity index (χ3n) is 4.34. The number of para-hydroxylation sites is 1. The first-order valence-electron chi connectivity index (χ1n) is 8.82. The minimum atomic E-state index is 0.277. The fourth-order valence-electron chi connectivity index (χ4n) is 3.07. The maximum atomic E-state index is 6.09. The molecular formula is C21H24N2O2. The highest BCUT2D eigenvalue weighted by molar-refractivity contribution is 5.33. The first-order valence-corrected chi connectivity index (χ1v) is 8.82. The lowest BCUT2D eigenvalue weighted by Gasteiger charge is -2.16. The van der Waals surface area contributed by atoms with Crippen molar-refractivity contribution in [2.45, 2.75) is 44.9 Å². The number of pyridine rings is 1. The third kappa shape index (κ3) is 4.98. The largest absolute Gasteiger partial charge is 0.481 e. The molecule has 0 saturated heterocycles. The zero-order valence-corrected chi connectivity index (χ0v) is 14.4. The first kappa shape index (κ1) is 17.3. The van der Waals surface area contributed by atoms with Gasteiger partial charge in [0.15, 0.2) is 0 Å². The number of aromatic nitrogens is 1. The highest BCUT2D eigenvalue weighted by atomic mass is 16.5.